The number of Topliss-reactive ketones (excluding diaryl/α,β-unsaturated/α-hetero) is 1. The molecule has 1 saturated heterocycles. The Morgan fingerprint density at radius 3 is 2.33 bits per heavy atom. The van der Waals surface area contributed by atoms with E-state index in [4.69, 9.17) is 0 Å². The quantitative estimate of drug-likeness (QED) is 0.634. The van der Waals surface area contributed by atoms with Crippen LogP contribution in [-0.4, -0.2) is 41.9 Å². The molecule has 1 aromatic carbocycles. The highest BCUT2D eigenvalue weighted by atomic mass is 16.2. The van der Waals surface area contributed by atoms with E-state index in [1.165, 1.54) is 45.2 Å². The van der Waals surface area contributed by atoms with Gasteiger partial charge in [0.15, 0.2) is 5.78 Å². The molecule has 0 unspecified atom stereocenters. The van der Waals surface area contributed by atoms with Gasteiger partial charge in [0.2, 0.25) is 0 Å². The highest BCUT2D eigenvalue weighted by molar-refractivity contribution is 5.98. The van der Waals surface area contributed by atoms with Gasteiger partial charge in [-0.15, -0.1) is 0 Å². The van der Waals surface area contributed by atoms with Gasteiger partial charge in [-0.2, -0.15) is 0 Å². The number of hydrogen-bond donors (Lipinski definition) is 2. The Hall–Kier alpha value is -1.88. The number of urea groups is 1. The van der Waals surface area contributed by atoms with Crippen LogP contribution in [-0.2, 0) is 0 Å². The number of carbonyl (C=O) groups is 2. The molecule has 0 aromatic heterocycles. The number of anilines is 1. The standard InChI is InChI=1S/C25H35N3O2/c29-23(7-4-10-28-8-1-2-9-28)21-5-3-6-22(14-21)26-24(30)27-25-15-18-11-19(16-25)13-20(12-18)17-25/h3,5-6,14,18-20H,1-2,4,7-13,15-17H2,(H2,26,27,30). The highest BCUT2D eigenvalue weighted by Crippen LogP contribution is 2.55. The van der Waals surface area contributed by atoms with Crippen molar-refractivity contribution in [3.8, 4) is 0 Å². The molecule has 30 heavy (non-hydrogen) atoms. The molecule has 1 aliphatic heterocycles. The van der Waals surface area contributed by atoms with Crippen molar-refractivity contribution >= 4 is 17.5 Å². The second-order valence-corrected chi connectivity index (χ2v) is 10.4. The Bertz CT molecular complexity index is 764. The largest absolute Gasteiger partial charge is 0.332 e. The van der Waals surface area contributed by atoms with Gasteiger partial charge in [0.1, 0.15) is 0 Å². The maximum Gasteiger partial charge on any atom is 0.319 e. The van der Waals surface area contributed by atoms with Gasteiger partial charge in [0.25, 0.3) is 0 Å². The van der Waals surface area contributed by atoms with E-state index in [9.17, 15) is 9.59 Å². The fourth-order valence-corrected chi connectivity index (χ4v) is 7.05. The van der Waals surface area contributed by atoms with Crippen LogP contribution in [0, 0.1) is 17.8 Å². The Morgan fingerprint density at radius 1 is 1.00 bits per heavy atom. The van der Waals surface area contributed by atoms with Crippen molar-refractivity contribution in [2.24, 2.45) is 17.8 Å². The molecule has 162 valence electrons. The zero-order valence-electron chi connectivity index (χ0n) is 18.0. The predicted molar refractivity (Wildman–Crippen MR) is 119 cm³/mol. The third-order valence-electron chi connectivity index (χ3n) is 7.94. The minimum absolute atomic E-state index is 0.00182. The van der Waals surface area contributed by atoms with Crippen LogP contribution in [0.3, 0.4) is 0 Å². The highest BCUT2D eigenvalue weighted by Gasteiger charge is 2.51. The second-order valence-electron chi connectivity index (χ2n) is 10.4. The summed E-state index contributed by atoms with van der Waals surface area (Å²) in [6, 6.07) is 7.32. The van der Waals surface area contributed by atoms with Crippen LogP contribution in [0.1, 0.15) is 74.6 Å². The number of rotatable bonds is 7. The maximum absolute atomic E-state index is 12.8. The Morgan fingerprint density at radius 2 is 1.67 bits per heavy atom. The molecule has 4 bridgehead atoms. The second kappa shape index (κ2) is 8.33. The first-order valence-corrected chi connectivity index (χ1v) is 12.0. The molecule has 1 heterocycles. The molecule has 0 atom stereocenters. The molecule has 1 aromatic rings. The van der Waals surface area contributed by atoms with E-state index in [0.717, 1.165) is 50.0 Å². The van der Waals surface area contributed by atoms with Gasteiger partial charge in [-0.1, -0.05) is 12.1 Å². The summed E-state index contributed by atoms with van der Waals surface area (Å²) in [7, 11) is 0. The van der Waals surface area contributed by atoms with Crippen molar-refractivity contribution in [1.29, 1.82) is 0 Å². The van der Waals surface area contributed by atoms with Gasteiger partial charge in [-0.3, -0.25) is 4.79 Å². The molecule has 4 saturated carbocycles. The fraction of sp³-hybridized carbons (Fsp3) is 0.680. The van der Waals surface area contributed by atoms with Crippen molar-refractivity contribution in [2.45, 2.75) is 69.7 Å². The summed E-state index contributed by atoms with van der Waals surface area (Å²) in [6.07, 6.45) is 11.6. The van der Waals surface area contributed by atoms with Gasteiger partial charge in [0, 0.05) is 23.2 Å². The SMILES string of the molecule is O=C(Nc1cccc(C(=O)CCCN2CCCC2)c1)NC12CC3CC(CC(C3)C1)C2. The van der Waals surface area contributed by atoms with Gasteiger partial charge < -0.3 is 15.5 Å². The van der Waals surface area contributed by atoms with Gasteiger partial charge in [-0.25, -0.2) is 4.79 Å². The summed E-state index contributed by atoms with van der Waals surface area (Å²) in [4.78, 5) is 27.8. The third kappa shape index (κ3) is 4.41. The topological polar surface area (TPSA) is 61.4 Å². The van der Waals surface area contributed by atoms with Crippen LogP contribution >= 0.6 is 0 Å². The van der Waals surface area contributed by atoms with Gasteiger partial charge >= 0.3 is 6.03 Å². The monoisotopic (exact) mass is 409 g/mol. The van der Waals surface area contributed by atoms with E-state index < -0.39 is 0 Å². The molecule has 5 fully saturated rings. The number of carbonyl (C=O) groups excluding carboxylic acids is 2. The van der Waals surface area contributed by atoms with Crippen LogP contribution in [0.25, 0.3) is 0 Å². The van der Waals surface area contributed by atoms with Crippen molar-refractivity contribution in [2.75, 3.05) is 25.0 Å². The molecule has 5 aliphatic rings. The Labute approximate surface area is 180 Å². The number of nitrogens with zero attached hydrogens (tertiary/aromatic N) is 1. The van der Waals surface area contributed by atoms with E-state index in [2.05, 4.69) is 15.5 Å². The van der Waals surface area contributed by atoms with Crippen LogP contribution < -0.4 is 10.6 Å². The number of likely N-dealkylation sites (tertiary alicyclic amines) is 1. The van der Waals surface area contributed by atoms with Crippen molar-refractivity contribution in [3.05, 3.63) is 29.8 Å². The number of benzene rings is 1. The average Bonchev–Trinajstić information content (AvgIpc) is 3.20. The van der Waals surface area contributed by atoms with Crippen LogP contribution in [0.4, 0.5) is 10.5 Å². The first kappa shape index (κ1) is 20.0. The lowest BCUT2D eigenvalue weighted by Crippen LogP contribution is -2.60. The molecular formula is C25H35N3O2. The molecule has 2 amide bonds. The van der Waals surface area contributed by atoms with E-state index >= 15 is 0 Å². The number of amides is 2. The smallest absolute Gasteiger partial charge is 0.319 e. The first-order chi connectivity index (χ1) is 14.6. The van der Waals surface area contributed by atoms with Crippen LogP contribution in [0.15, 0.2) is 24.3 Å². The molecule has 5 nitrogen and oxygen atoms in total. The molecule has 6 rings (SSSR count). The lowest BCUT2D eigenvalue weighted by molar-refractivity contribution is -0.0127. The summed E-state index contributed by atoms with van der Waals surface area (Å²) in [5, 5.41) is 6.35. The Kier molecular flexibility index (Phi) is 5.57. The number of hydrogen-bond acceptors (Lipinski definition) is 3. The van der Waals surface area contributed by atoms with Crippen molar-refractivity contribution in [1.82, 2.24) is 10.2 Å². The summed E-state index contributed by atoms with van der Waals surface area (Å²) in [6.45, 7) is 3.36. The zero-order chi connectivity index (χ0) is 20.6. The minimum atomic E-state index is -0.115. The molecule has 0 radical (unpaired) electrons. The number of nitrogens with one attached hydrogen (secondary N) is 2. The summed E-state index contributed by atoms with van der Waals surface area (Å²) in [5.41, 5.74) is 1.41. The van der Waals surface area contributed by atoms with Crippen LogP contribution in [0.5, 0.6) is 0 Å². The normalized spacial score (nSPS) is 32.3. The first-order valence-electron chi connectivity index (χ1n) is 12.0. The van der Waals surface area contributed by atoms with Crippen LogP contribution in [0.2, 0.25) is 0 Å². The Balaban J connectivity index is 1.14. The van der Waals surface area contributed by atoms with E-state index in [0.29, 0.717) is 17.7 Å². The zero-order valence-corrected chi connectivity index (χ0v) is 18.0. The van der Waals surface area contributed by atoms with Gasteiger partial charge in [-0.05, 0) is 107 Å². The lowest BCUT2D eigenvalue weighted by Gasteiger charge is -2.56. The molecule has 2 N–H and O–H groups in total. The number of ketones is 1. The predicted octanol–water partition coefficient (Wildman–Crippen LogP) is 4.84. The van der Waals surface area contributed by atoms with Crippen molar-refractivity contribution in [3.63, 3.8) is 0 Å². The average molecular weight is 410 g/mol. The van der Waals surface area contributed by atoms with Gasteiger partial charge in [0.05, 0.1) is 0 Å². The molecule has 4 aliphatic carbocycles. The van der Waals surface area contributed by atoms with E-state index in [1.807, 2.05) is 24.3 Å². The van der Waals surface area contributed by atoms with E-state index in [-0.39, 0.29) is 17.4 Å². The lowest BCUT2D eigenvalue weighted by atomic mass is 9.53. The summed E-state index contributed by atoms with van der Waals surface area (Å²) >= 11 is 0. The minimum Gasteiger partial charge on any atom is -0.332 e. The fourth-order valence-electron chi connectivity index (χ4n) is 7.05. The maximum atomic E-state index is 12.8. The summed E-state index contributed by atoms with van der Waals surface area (Å²) in [5.74, 6) is 2.58. The third-order valence-corrected chi connectivity index (χ3v) is 7.94. The van der Waals surface area contributed by atoms with E-state index in [1.54, 1.807) is 0 Å². The summed E-state index contributed by atoms with van der Waals surface area (Å²) < 4.78 is 0. The molecule has 0 spiro atoms. The van der Waals surface area contributed by atoms with Crippen molar-refractivity contribution < 1.29 is 9.59 Å². The molecular weight excluding hydrogens is 374 g/mol. The molecule has 5 heteroatoms.